The van der Waals surface area contributed by atoms with E-state index in [-0.39, 0.29) is 18.3 Å². The van der Waals surface area contributed by atoms with Crippen molar-refractivity contribution in [2.45, 2.75) is 6.04 Å². The number of nitro benzene ring substituents is 1. The zero-order chi connectivity index (χ0) is 15.0. The van der Waals surface area contributed by atoms with Gasteiger partial charge in [0.05, 0.1) is 16.7 Å². The summed E-state index contributed by atoms with van der Waals surface area (Å²) < 4.78 is 5.04. The number of carbonyl (C=O) groups excluding carboxylic acids is 1. The molecule has 0 aromatic heterocycles. The molecule has 0 N–H and O–H groups in total. The van der Waals surface area contributed by atoms with Gasteiger partial charge in [-0.25, -0.2) is 4.99 Å². The lowest BCUT2D eigenvalue weighted by molar-refractivity contribution is -0.384. The highest BCUT2D eigenvalue weighted by Crippen LogP contribution is 2.36. The predicted octanol–water partition coefficient (Wildman–Crippen LogP) is 1.98. The molecule has 1 saturated heterocycles. The number of rotatable bonds is 2. The number of cyclic esters (lactones) is 1. The van der Waals surface area contributed by atoms with Crippen LogP contribution in [-0.4, -0.2) is 34.6 Å². The van der Waals surface area contributed by atoms with Crippen LogP contribution < -0.4 is 0 Å². The van der Waals surface area contributed by atoms with E-state index >= 15 is 0 Å². The fraction of sp³-hybridized carbons (Fsp3) is 0.308. The minimum absolute atomic E-state index is 0.0242. The van der Waals surface area contributed by atoms with Gasteiger partial charge in [0, 0.05) is 12.1 Å². The normalized spacial score (nSPS) is 24.0. The summed E-state index contributed by atoms with van der Waals surface area (Å²) in [5.41, 5.74) is 1.23. The molecule has 2 aliphatic rings. The van der Waals surface area contributed by atoms with Crippen molar-refractivity contribution in [2.24, 2.45) is 15.9 Å². The predicted molar refractivity (Wildman–Crippen MR) is 78.7 cm³/mol. The molecule has 1 aromatic rings. The number of thioether (sulfide) groups is 1. The van der Waals surface area contributed by atoms with Crippen molar-refractivity contribution in [2.75, 3.05) is 12.9 Å². The van der Waals surface area contributed by atoms with Crippen LogP contribution in [0.5, 0.6) is 0 Å². The van der Waals surface area contributed by atoms with E-state index in [4.69, 9.17) is 4.74 Å². The summed E-state index contributed by atoms with van der Waals surface area (Å²) in [5, 5.41) is 11.5. The molecule has 0 spiro atoms. The second-order valence-electron chi connectivity index (χ2n) is 4.60. The Morgan fingerprint density at radius 2 is 2.29 bits per heavy atom. The van der Waals surface area contributed by atoms with Gasteiger partial charge in [-0.15, -0.1) is 0 Å². The molecule has 1 fully saturated rings. The Bertz CT molecular complexity index is 686. The van der Waals surface area contributed by atoms with Gasteiger partial charge in [-0.2, -0.15) is 0 Å². The van der Waals surface area contributed by atoms with E-state index in [1.165, 1.54) is 23.9 Å². The largest absolute Gasteiger partial charge is 0.459 e. The molecule has 2 aliphatic heterocycles. The second kappa shape index (κ2) is 5.28. The number of aliphatic imine (C=N–C) groups is 2. The Hall–Kier alpha value is -2.22. The van der Waals surface area contributed by atoms with Crippen LogP contribution in [0, 0.1) is 16.0 Å². The molecule has 7 nitrogen and oxygen atoms in total. The molecule has 0 saturated carbocycles. The smallest absolute Gasteiger partial charge is 0.317 e. The maximum absolute atomic E-state index is 11.9. The minimum atomic E-state index is -0.581. The summed E-state index contributed by atoms with van der Waals surface area (Å²) in [5.74, 6) is -0.961. The summed E-state index contributed by atoms with van der Waals surface area (Å²) in [6.45, 7) is 0.161. The van der Waals surface area contributed by atoms with Crippen molar-refractivity contribution in [3.8, 4) is 0 Å². The average Bonchev–Trinajstić information content (AvgIpc) is 2.88. The topological polar surface area (TPSA) is 94.2 Å². The van der Waals surface area contributed by atoms with Gasteiger partial charge in [0.1, 0.15) is 12.5 Å². The van der Waals surface area contributed by atoms with Crippen LogP contribution in [-0.2, 0) is 9.53 Å². The maximum atomic E-state index is 11.9. The highest BCUT2D eigenvalue weighted by molar-refractivity contribution is 8.13. The highest BCUT2D eigenvalue weighted by atomic mass is 32.2. The number of carbonyl (C=O) groups is 1. The number of nitrogens with zero attached hydrogens (tertiary/aromatic N) is 3. The number of esters is 1. The van der Waals surface area contributed by atoms with Gasteiger partial charge in [-0.3, -0.25) is 19.9 Å². The molecule has 0 bridgehead atoms. The summed E-state index contributed by atoms with van der Waals surface area (Å²) in [6, 6.07) is 5.66. The summed E-state index contributed by atoms with van der Waals surface area (Å²) >= 11 is 1.37. The number of hydrogen-bond donors (Lipinski definition) is 0. The Morgan fingerprint density at radius 1 is 1.48 bits per heavy atom. The van der Waals surface area contributed by atoms with Gasteiger partial charge < -0.3 is 4.74 Å². The third kappa shape index (κ3) is 2.42. The molecular formula is C13H11N3O4S. The quantitative estimate of drug-likeness (QED) is 0.473. The number of non-ortho nitro benzene ring substituents is 1. The zero-order valence-electron chi connectivity index (χ0n) is 11.1. The first-order chi connectivity index (χ1) is 10.1. The van der Waals surface area contributed by atoms with Gasteiger partial charge in [-0.05, 0) is 11.8 Å². The molecule has 0 aliphatic carbocycles. The van der Waals surface area contributed by atoms with Gasteiger partial charge in [0.15, 0.2) is 5.17 Å². The summed E-state index contributed by atoms with van der Waals surface area (Å²) in [4.78, 5) is 31.1. The molecule has 1 aromatic carbocycles. The van der Waals surface area contributed by atoms with Gasteiger partial charge in [0.25, 0.3) is 5.69 Å². The van der Waals surface area contributed by atoms with Crippen molar-refractivity contribution in [3.05, 3.63) is 39.9 Å². The van der Waals surface area contributed by atoms with E-state index in [2.05, 4.69) is 9.98 Å². The van der Waals surface area contributed by atoms with Crippen molar-refractivity contribution < 1.29 is 14.5 Å². The van der Waals surface area contributed by atoms with E-state index in [0.29, 0.717) is 16.4 Å². The SMILES string of the molecule is CSC1=NC(c2cccc([N+](=O)[O-])c2)C2C(=O)OCC2=N1. The highest BCUT2D eigenvalue weighted by Gasteiger charge is 2.43. The molecule has 3 rings (SSSR count). The number of fused-ring (bicyclic) bond motifs is 1. The maximum Gasteiger partial charge on any atom is 0.317 e. The number of benzene rings is 1. The number of hydrogen-bond acceptors (Lipinski definition) is 7. The Kier molecular flexibility index (Phi) is 3.46. The van der Waals surface area contributed by atoms with Crippen molar-refractivity contribution in [3.63, 3.8) is 0 Å². The Labute approximate surface area is 124 Å². The molecule has 21 heavy (non-hydrogen) atoms. The fourth-order valence-corrected chi connectivity index (χ4v) is 2.83. The Morgan fingerprint density at radius 3 is 3.00 bits per heavy atom. The molecule has 0 amide bonds. The van der Waals surface area contributed by atoms with Crippen LogP contribution in [0.4, 0.5) is 5.69 Å². The third-order valence-corrected chi connectivity index (χ3v) is 3.95. The van der Waals surface area contributed by atoms with E-state index in [1.807, 2.05) is 6.26 Å². The van der Waals surface area contributed by atoms with Crippen molar-refractivity contribution >= 4 is 34.3 Å². The minimum Gasteiger partial charge on any atom is -0.459 e. The van der Waals surface area contributed by atoms with E-state index < -0.39 is 16.9 Å². The first kappa shape index (κ1) is 13.7. The molecule has 108 valence electrons. The number of nitro groups is 1. The van der Waals surface area contributed by atoms with Crippen molar-refractivity contribution in [1.29, 1.82) is 0 Å². The van der Waals surface area contributed by atoms with Gasteiger partial charge >= 0.3 is 5.97 Å². The van der Waals surface area contributed by atoms with E-state index in [1.54, 1.807) is 12.1 Å². The summed E-state index contributed by atoms with van der Waals surface area (Å²) in [7, 11) is 0. The van der Waals surface area contributed by atoms with Crippen LogP contribution in [0.1, 0.15) is 11.6 Å². The van der Waals surface area contributed by atoms with E-state index in [9.17, 15) is 14.9 Å². The second-order valence-corrected chi connectivity index (χ2v) is 5.37. The average molecular weight is 305 g/mol. The first-order valence-electron chi connectivity index (χ1n) is 6.20. The van der Waals surface area contributed by atoms with Gasteiger partial charge in [0.2, 0.25) is 0 Å². The standard InChI is InChI=1S/C13H11N3O4S/c1-21-13-14-9-6-20-12(17)10(9)11(15-13)7-3-2-4-8(5-7)16(18)19/h2-5,10-11H,6H2,1H3. The first-order valence-corrected chi connectivity index (χ1v) is 7.43. The molecular weight excluding hydrogens is 294 g/mol. The van der Waals surface area contributed by atoms with Crippen LogP contribution in [0.15, 0.2) is 34.3 Å². The van der Waals surface area contributed by atoms with Crippen LogP contribution >= 0.6 is 11.8 Å². The van der Waals surface area contributed by atoms with Crippen LogP contribution in [0.25, 0.3) is 0 Å². The monoisotopic (exact) mass is 305 g/mol. The van der Waals surface area contributed by atoms with Crippen molar-refractivity contribution in [1.82, 2.24) is 0 Å². The lowest BCUT2D eigenvalue weighted by atomic mass is 9.90. The lowest BCUT2D eigenvalue weighted by Crippen LogP contribution is -2.27. The van der Waals surface area contributed by atoms with Crippen LogP contribution in [0.2, 0.25) is 0 Å². The fourth-order valence-electron chi connectivity index (χ4n) is 2.41. The molecule has 8 heteroatoms. The zero-order valence-corrected chi connectivity index (χ0v) is 11.9. The Balaban J connectivity index is 2.05. The number of amidine groups is 1. The molecule has 0 radical (unpaired) electrons. The lowest BCUT2D eigenvalue weighted by Gasteiger charge is -2.21. The van der Waals surface area contributed by atoms with Crippen LogP contribution in [0.3, 0.4) is 0 Å². The third-order valence-electron chi connectivity index (χ3n) is 3.38. The molecule has 2 atom stereocenters. The van der Waals surface area contributed by atoms with E-state index in [0.717, 1.165) is 0 Å². The number of ether oxygens (including phenoxy) is 1. The molecule has 2 heterocycles. The van der Waals surface area contributed by atoms with Gasteiger partial charge in [-0.1, -0.05) is 23.9 Å². The summed E-state index contributed by atoms with van der Waals surface area (Å²) in [6.07, 6.45) is 1.84. The molecule has 2 unspecified atom stereocenters.